The normalized spacial score (nSPS) is 14.9. The van der Waals surface area contributed by atoms with Crippen molar-refractivity contribution in [3.05, 3.63) is 47.2 Å². The quantitative estimate of drug-likeness (QED) is 0.781. The second-order valence-corrected chi connectivity index (χ2v) is 5.01. The number of pyridine rings is 1. The summed E-state index contributed by atoms with van der Waals surface area (Å²) in [6.45, 7) is 6.06. The minimum atomic E-state index is 0.967. The molecule has 0 amide bonds. The summed E-state index contributed by atoms with van der Waals surface area (Å²) >= 11 is 0. The Bertz CT molecular complexity index is 594. The molecular weight excluding hydrogens is 236 g/mol. The molecule has 19 heavy (non-hydrogen) atoms. The van der Waals surface area contributed by atoms with Gasteiger partial charge < -0.3 is 4.90 Å². The van der Waals surface area contributed by atoms with Crippen molar-refractivity contribution in [1.82, 2.24) is 15.0 Å². The summed E-state index contributed by atoms with van der Waals surface area (Å²) in [7, 11) is 0. The van der Waals surface area contributed by atoms with Crippen molar-refractivity contribution in [1.29, 1.82) is 0 Å². The van der Waals surface area contributed by atoms with Crippen molar-refractivity contribution >= 4 is 5.82 Å². The van der Waals surface area contributed by atoms with E-state index in [1.807, 2.05) is 13.0 Å². The van der Waals surface area contributed by atoms with E-state index in [1.54, 1.807) is 6.33 Å². The van der Waals surface area contributed by atoms with Crippen molar-refractivity contribution in [3.8, 4) is 0 Å². The first kappa shape index (κ1) is 12.1. The van der Waals surface area contributed by atoms with Gasteiger partial charge in [-0.1, -0.05) is 6.07 Å². The summed E-state index contributed by atoms with van der Waals surface area (Å²) in [5.74, 6) is 1.07. The van der Waals surface area contributed by atoms with Crippen LogP contribution in [0.1, 0.15) is 22.6 Å². The van der Waals surface area contributed by atoms with Crippen LogP contribution in [0.4, 0.5) is 5.82 Å². The summed E-state index contributed by atoms with van der Waals surface area (Å²) in [5, 5.41) is 0. The van der Waals surface area contributed by atoms with Gasteiger partial charge in [0.2, 0.25) is 0 Å². The van der Waals surface area contributed by atoms with Crippen molar-refractivity contribution in [3.63, 3.8) is 0 Å². The summed E-state index contributed by atoms with van der Waals surface area (Å²) < 4.78 is 0. The number of hydrogen-bond acceptors (Lipinski definition) is 4. The first-order valence-corrected chi connectivity index (χ1v) is 6.72. The number of aromatic nitrogens is 3. The van der Waals surface area contributed by atoms with Crippen LogP contribution in [-0.4, -0.2) is 28.0 Å². The van der Waals surface area contributed by atoms with Gasteiger partial charge >= 0.3 is 0 Å². The SMILES string of the molecule is Cc1cccc(N2CCc3ncnc(C)c3CC2)n1. The van der Waals surface area contributed by atoms with E-state index in [0.29, 0.717) is 0 Å². The van der Waals surface area contributed by atoms with E-state index < -0.39 is 0 Å². The molecule has 1 aliphatic rings. The highest BCUT2D eigenvalue weighted by molar-refractivity contribution is 5.41. The lowest BCUT2D eigenvalue weighted by atomic mass is 10.1. The molecule has 0 unspecified atom stereocenters. The fourth-order valence-corrected chi connectivity index (χ4v) is 2.62. The van der Waals surface area contributed by atoms with E-state index in [2.05, 4.69) is 38.9 Å². The lowest BCUT2D eigenvalue weighted by Gasteiger charge is -2.21. The standard InChI is InChI=1S/C15H18N4/c1-11-4-3-5-15(18-11)19-8-6-13-12(2)16-10-17-14(13)7-9-19/h3-5,10H,6-9H2,1-2H3. The number of rotatable bonds is 1. The molecule has 1 aliphatic heterocycles. The van der Waals surface area contributed by atoms with Gasteiger partial charge in [0.15, 0.2) is 0 Å². The summed E-state index contributed by atoms with van der Waals surface area (Å²) in [5.41, 5.74) is 4.69. The van der Waals surface area contributed by atoms with Crippen molar-refractivity contribution in [2.24, 2.45) is 0 Å². The molecule has 0 saturated carbocycles. The number of anilines is 1. The van der Waals surface area contributed by atoms with E-state index >= 15 is 0 Å². The fourth-order valence-electron chi connectivity index (χ4n) is 2.62. The molecule has 0 saturated heterocycles. The zero-order valence-corrected chi connectivity index (χ0v) is 11.4. The van der Waals surface area contributed by atoms with E-state index in [1.165, 1.54) is 11.3 Å². The summed E-state index contributed by atoms with van der Waals surface area (Å²) in [6, 6.07) is 6.19. The van der Waals surface area contributed by atoms with Crippen LogP contribution in [0.15, 0.2) is 24.5 Å². The van der Waals surface area contributed by atoms with Gasteiger partial charge in [-0.3, -0.25) is 0 Å². The van der Waals surface area contributed by atoms with Gasteiger partial charge in [0.25, 0.3) is 0 Å². The Hall–Kier alpha value is -1.97. The number of aryl methyl sites for hydroxylation is 2. The fraction of sp³-hybridized carbons (Fsp3) is 0.400. The molecule has 0 fully saturated rings. The van der Waals surface area contributed by atoms with Crippen LogP contribution in [0.25, 0.3) is 0 Å². The van der Waals surface area contributed by atoms with Gasteiger partial charge in [0, 0.05) is 36.6 Å². The minimum absolute atomic E-state index is 0.967. The zero-order chi connectivity index (χ0) is 13.2. The van der Waals surface area contributed by atoms with Crippen LogP contribution >= 0.6 is 0 Å². The molecular formula is C15H18N4. The average Bonchev–Trinajstić information content (AvgIpc) is 2.62. The van der Waals surface area contributed by atoms with Gasteiger partial charge in [-0.15, -0.1) is 0 Å². The number of hydrogen-bond donors (Lipinski definition) is 0. The van der Waals surface area contributed by atoms with Crippen LogP contribution in [0.3, 0.4) is 0 Å². The van der Waals surface area contributed by atoms with Crippen LogP contribution in [-0.2, 0) is 12.8 Å². The van der Waals surface area contributed by atoms with Crippen molar-refractivity contribution in [2.75, 3.05) is 18.0 Å². The maximum atomic E-state index is 4.61. The summed E-state index contributed by atoms with van der Waals surface area (Å²) in [4.78, 5) is 15.7. The predicted octanol–water partition coefficient (Wildman–Crippen LogP) is 2.09. The van der Waals surface area contributed by atoms with Crippen molar-refractivity contribution in [2.45, 2.75) is 26.7 Å². The molecule has 0 atom stereocenters. The topological polar surface area (TPSA) is 41.9 Å². The van der Waals surface area contributed by atoms with Crippen LogP contribution in [0, 0.1) is 13.8 Å². The first-order chi connectivity index (χ1) is 9.24. The maximum absolute atomic E-state index is 4.61. The molecule has 3 heterocycles. The molecule has 0 spiro atoms. The highest BCUT2D eigenvalue weighted by Crippen LogP contribution is 2.19. The predicted molar refractivity (Wildman–Crippen MR) is 75.4 cm³/mol. The highest BCUT2D eigenvalue weighted by Gasteiger charge is 2.17. The third-order valence-corrected chi connectivity index (χ3v) is 3.70. The second-order valence-electron chi connectivity index (χ2n) is 5.01. The third-order valence-electron chi connectivity index (χ3n) is 3.70. The minimum Gasteiger partial charge on any atom is -0.356 e. The Balaban J connectivity index is 1.86. The van der Waals surface area contributed by atoms with Gasteiger partial charge in [-0.2, -0.15) is 0 Å². The largest absolute Gasteiger partial charge is 0.356 e. The Morgan fingerprint density at radius 2 is 1.89 bits per heavy atom. The highest BCUT2D eigenvalue weighted by atomic mass is 15.2. The Labute approximate surface area is 113 Å². The molecule has 0 aliphatic carbocycles. The first-order valence-electron chi connectivity index (χ1n) is 6.72. The lowest BCUT2D eigenvalue weighted by Crippen LogP contribution is -2.27. The zero-order valence-electron chi connectivity index (χ0n) is 11.4. The molecule has 0 aromatic carbocycles. The molecule has 4 nitrogen and oxygen atoms in total. The second kappa shape index (κ2) is 4.96. The monoisotopic (exact) mass is 254 g/mol. The van der Waals surface area contributed by atoms with Crippen LogP contribution in [0.5, 0.6) is 0 Å². The van der Waals surface area contributed by atoms with Gasteiger partial charge in [-0.25, -0.2) is 15.0 Å². The molecule has 3 rings (SSSR count). The Morgan fingerprint density at radius 3 is 2.74 bits per heavy atom. The third kappa shape index (κ3) is 2.43. The van der Waals surface area contributed by atoms with Gasteiger partial charge in [0.05, 0.1) is 0 Å². The van der Waals surface area contributed by atoms with Gasteiger partial charge in [-0.05, 0) is 38.0 Å². The molecule has 4 heteroatoms. The average molecular weight is 254 g/mol. The van der Waals surface area contributed by atoms with E-state index in [9.17, 15) is 0 Å². The van der Waals surface area contributed by atoms with E-state index in [4.69, 9.17) is 0 Å². The molecule has 0 bridgehead atoms. The molecule has 2 aromatic heterocycles. The molecule has 0 radical (unpaired) electrons. The smallest absolute Gasteiger partial charge is 0.128 e. The van der Waals surface area contributed by atoms with E-state index in [0.717, 1.165) is 43.1 Å². The number of fused-ring (bicyclic) bond motifs is 1. The summed E-state index contributed by atoms with van der Waals surface area (Å²) in [6.07, 6.45) is 3.64. The Kier molecular flexibility index (Phi) is 3.15. The van der Waals surface area contributed by atoms with Crippen LogP contribution < -0.4 is 4.90 Å². The Morgan fingerprint density at radius 1 is 1.05 bits per heavy atom. The molecule has 2 aromatic rings. The van der Waals surface area contributed by atoms with Crippen molar-refractivity contribution < 1.29 is 0 Å². The molecule has 0 N–H and O–H groups in total. The molecule has 98 valence electrons. The lowest BCUT2D eigenvalue weighted by molar-refractivity contribution is 0.785. The van der Waals surface area contributed by atoms with Crippen LogP contribution in [0.2, 0.25) is 0 Å². The maximum Gasteiger partial charge on any atom is 0.128 e. The van der Waals surface area contributed by atoms with Gasteiger partial charge in [0.1, 0.15) is 12.1 Å². The van der Waals surface area contributed by atoms with E-state index in [-0.39, 0.29) is 0 Å². The number of nitrogens with zero attached hydrogens (tertiary/aromatic N) is 4.